The van der Waals surface area contributed by atoms with Crippen molar-refractivity contribution in [1.29, 1.82) is 0 Å². The highest BCUT2D eigenvalue weighted by atomic mass is 16.5. The van der Waals surface area contributed by atoms with Crippen LogP contribution in [-0.2, 0) is 4.74 Å². The van der Waals surface area contributed by atoms with Crippen LogP contribution in [0.3, 0.4) is 0 Å². The minimum Gasteiger partial charge on any atom is -0.469 e. The molecule has 112 valence electrons. The van der Waals surface area contributed by atoms with E-state index < -0.39 is 5.60 Å². The fourth-order valence-corrected chi connectivity index (χ4v) is 2.70. The predicted molar refractivity (Wildman–Crippen MR) is 74.5 cm³/mol. The predicted octanol–water partition coefficient (Wildman–Crippen LogP) is 1.88. The lowest BCUT2D eigenvalue weighted by Gasteiger charge is -2.57. The van der Waals surface area contributed by atoms with Crippen molar-refractivity contribution in [1.82, 2.24) is 5.32 Å². The van der Waals surface area contributed by atoms with E-state index in [-0.39, 0.29) is 24.0 Å². The van der Waals surface area contributed by atoms with E-state index in [4.69, 9.17) is 9.15 Å². The molecule has 0 spiro atoms. The fraction of sp³-hybridized carbons (Fsp3) is 0.667. The second-order valence-electron chi connectivity index (χ2n) is 5.97. The Balaban J connectivity index is 1.95. The van der Waals surface area contributed by atoms with Crippen molar-refractivity contribution >= 4 is 5.91 Å². The van der Waals surface area contributed by atoms with Gasteiger partial charge in [0.1, 0.15) is 5.76 Å². The molecule has 2 atom stereocenters. The van der Waals surface area contributed by atoms with Crippen LogP contribution in [0.5, 0.6) is 0 Å². The summed E-state index contributed by atoms with van der Waals surface area (Å²) in [7, 11) is 0. The van der Waals surface area contributed by atoms with Crippen molar-refractivity contribution in [2.45, 2.75) is 45.8 Å². The average Bonchev–Trinajstić information content (AvgIpc) is 2.82. The Kier molecular flexibility index (Phi) is 3.93. The number of amides is 1. The Hall–Kier alpha value is -1.33. The maximum atomic E-state index is 12.0. The molecule has 5 heteroatoms. The number of hydrogen-bond acceptors (Lipinski definition) is 4. The minimum atomic E-state index is -0.930. The zero-order valence-electron chi connectivity index (χ0n) is 12.5. The van der Waals surface area contributed by atoms with Crippen molar-refractivity contribution in [2.24, 2.45) is 5.41 Å². The molecular formula is C15H23NO4. The van der Waals surface area contributed by atoms with Crippen molar-refractivity contribution in [3.63, 3.8) is 0 Å². The Morgan fingerprint density at radius 3 is 2.80 bits per heavy atom. The van der Waals surface area contributed by atoms with E-state index in [0.717, 1.165) is 0 Å². The second kappa shape index (κ2) is 5.22. The van der Waals surface area contributed by atoms with Gasteiger partial charge in [-0.15, -0.1) is 0 Å². The number of rotatable bonds is 5. The third kappa shape index (κ3) is 2.36. The largest absolute Gasteiger partial charge is 0.469 e. The maximum Gasteiger partial charge on any atom is 0.254 e. The van der Waals surface area contributed by atoms with Gasteiger partial charge in [0.15, 0.2) is 0 Å². The number of aryl methyl sites for hydroxylation is 1. The monoisotopic (exact) mass is 281 g/mol. The summed E-state index contributed by atoms with van der Waals surface area (Å²) in [4.78, 5) is 12.0. The first-order valence-corrected chi connectivity index (χ1v) is 6.98. The number of hydrogen-bond donors (Lipinski definition) is 2. The van der Waals surface area contributed by atoms with Gasteiger partial charge in [-0.25, -0.2) is 0 Å². The van der Waals surface area contributed by atoms with Gasteiger partial charge in [0, 0.05) is 25.0 Å². The first-order chi connectivity index (χ1) is 9.32. The van der Waals surface area contributed by atoms with Gasteiger partial charge in [-0.05, 0) is 19.9 Å². The third-order valence-electron chi connectivity index (χ3n) is 4.54. The molecule has 1 fully saturated rings. The standard InChI is InChI=1S/C15H23NO4/c1-5-19-12-8-15(18,14(12,3)4)9-16-13(17)11-6-7-20-10(11)2/h6-7,12,18H,5,8-9H2,1-4H3,(H,16,17)/t12-,15+/m0/s1. The second-order valence-corrected chi connectivity index (χ2v) is 5.97. The molecule has 1 saturated carbocycles. The van der Waals surface area contributed by atoms with E-state index in [1.54, 1.807) is 13.0 Å². The van der Waals surface area contributed by atoms with Crippen LogP contribution < -0.4 is 5.32 Å². The molecule has 1 amide bonds. The highest BCUT2D eigenvalue weighted by molar-refractivity contribution is 5.95. The molecule has 1 aromatic rings. The van der Waals surface area contributed by atoms with Crippen molar-refractivity contribution in [3.8, 4) is 0 Å². The lowest BCUT2D eigenvalue weighted by atomic mass is 9.56. The van der Waals surface area contributed by atoms with E-state index in [1.165, 1.54) is 6.26 Å². The zero-order valence-corrected chi connectivity index (χ0v) is 12.5. The van der Waals surface area contributed by atoms with Crippen LogP contribution in [-0.4, -0.2) is 35.9 Å². The van der Waals surface area contributed by atoms with Gasteiger partial charge in [-0.3, -0.25) is 4.79 Å². The smallest absolute Gasteiger partial charge is 0.254 e. The Labute approximate surface area is 119 Å². The van der Waals surface area contributed by atoms with E-state index in [9.17, 15) is 9.90 Å². The van der Waals surface area contributed by atoms with Crippen LogP contribution in [0, 0.1) is 12.3 Å². The summed E-state index contributed by atoms with van der Waals surface area (Å²) >= 11 is 0. The molecule has 0 unspecified atom stereocenters. The summed E-state index contributed by atoms with van der Waals surface area (Å²) in [5, 5.41) is 13.4. The van der Waals surface area contributed by atoms with Gasteiger partial charge in [0.25, 0.3) is 5.91 Å². The maximum absolute atomic E-state index is 12.0. The van der Waals surface area contributed by atoms with Crippen LogP contribution in [0.15, 0.2) is 16.7 Å². The molecule has 0 radical (unpaired) electrons. The summed E-state index contributed by atoms with van der Waals surface area (Å²) in [5.74, 6) is 0.356. The van der Waals surface area contributed by atoms with Crippen LogP contribution in [0.4, 0.5) is 0 Å². The van der Waals surface area contributed by atoms with E-state index in [1.807, 2.05) is 20.8 Å². The molecule has 2 rings (SSSR count). The van der Waals surface area contributed by atoms with Gasteiger partial charge in [-0.2, -0.15) is 0 Å². The quantitative estimate of drug-likeness (QED) is 0.864. The summed E-state index contributed by atoms with van der Waals surface area (Å²) in [5.41, 5.74) is -0.797. The number of nitrogens with one attached hydrogen (secondary N) is 1. The van der Waals surface area contributed by atoms with Gasteiger partial charge in [0.05, 0.1) is 23.5 Å². The molecule has 1 aliphatic rings. The van der Waals surface area contributed by atoms with Gasteiger partial charge in [0.2, 0.25) is 0 Å². The number of carbonyl (C=O) groups excluding carboxylic acids is 1. The van der Waals surface area contributed by atoms with E-state index in [0.29, 0.717) is 24.4 Å². The van der Waals surface area contributed by atoms with Crippen molar-refractivity contribution in [2.75, 3.05) is 13.2 Å². The normalized spacial score (nSPS) is 27.9. The molecule has 1 aliphatic carbocycles. The molecular weight excluding hydrogens is 258 g/mol. The molecule has 0 aliphatic heterocycles. The summed E-state index contributed by atoms with van der Waals surface area (Å²) in [6.45, 7) is 8.45. The van der Waals surface area contributed by atoms with Gasteiger partial charge >= 0.3 is 0 Å². The molecule has 0 aromatic carbocycles. The van der Waals surface area contributed by atoms with Crippen molar-refractivity contribution < 1.29 is 19.1 Å². The first kappa shape index (κ1) is 15.1. The average molecular weight is 281 g/mol. The molecule has 20 heavy (non-hydrogen) atoms. The number of ether oxygens (including phenoxy) is 1. The van der Waals surface area contributed by atoms with Crippen molar-refractivity contribution in [3.05, 3.63) is 23.7 Å². The molecule has 0 bridgehead atoms. The number of aliphatic hydroxyl groups is 1. The first-order valence-electron chi connectivity index (χ1n) is 6.98. The van der Waals surface area contributed by atoms with Crippen LogP contribution in [0.25, 0.3) is 0 Å². The molecule has 5 nitrogen and oxygen atoms in total. The fourth-order valence-electron chi connectivity index (χ4n) is 2.70. The Morgan fingerprint density at radius 1 is 1.60 bits per heavy atom. The highest BCUT2D eigenvalue weighted by Gasteiger charge is 2.59. The van der Waals surface area contributed by atoms with E-state index >= 15 is 0 Å². The van der Waals surface area contributed by atoms with Crippen LogP contribution in [0.2, 0.25) is 0 Å². The molecule has 2 N–H and O–H groups in total. The highest BCUT2D eigenvalue weighted by Crippen LogP contribution is 2.50. The van der Waals surface area contributed by atoms with Crippen LogP contribution in [0.1, 0.15) is 43.3 Å². The summed E-state index contributed by atoms with van der Waals surface area (Å²) < 4.78 is 10.7. The van der Waals surface area contributed by atoms with E-state index in [2.05, 4.69) is 5.32 Å². The van der Waals surface area contributed by atoms with Gasteiger partial charge < -0.3 is 19.6 Å². The Morgan fingerprint density at radius 2 is 2.30 bits per heavy atom. The Bertz CT molecular complexity index is 494. The SMILES string of the molecule is CCO[C@H]1C[C@@](O)(CNC(=O)c2ccoc2C)C1(C)C. The van der Waals surface area contributed by atoms with Gasteiger partial charge in [-0.1, -0.05) is 13.8 Å². The topological polar surface area (TPSA) is 71.7 Å². The third-order valence-corrected chi connectivity index (χ3v) is 4.54. The summed E-state index contributed by atoms with van der Waals surface area (Å²) in [6.07, 6.45) is 2.06. The number of furan rings is 1. The molecule has 1 heterocycles. The lowest BCUT2D eigenvalue weighted by Crippen LogP contribution is -2.68. The minimum absolute atomic E-state index is 0.0325. The zero-order chi connectivity index (χ0) is 15.0. The summed E-state index contributed by atoms with van der Waals surface area (Å²) in [6, 6.07) is 1.63. The van der Waals surface area contributed by atoms with Crippen LogP contribution >= 0.6 is 0 Å². The number of carbonyl (C=O) groups is 1. The lowest BCUT2D eigenvalue weighted by molar-refractivity contribution is -0.237. The molecule has 0 saturated heterocycles. The molecule has 1 aromatic heterocycles.